The highest BCUT2D eigenvalue weighted by atomic mass is 35.5. The number of aliphatic carboxylic acids is 1. The molecule has 0 saturated carbocycles. The molecular weight excluding hydrogens is 489 g/mol. The van der Waals surface area contributed by atoms with E-state index in [4.69, 9.17) is 11.6 Å². The van der Waals surface area contributed by atoms with Gasteiger partial charge >= 0.3 is 18.2 Å². The lowest BCUT2D eigenvalue weighted by Gasteiger charge is -2.37. The van der Waals surface area contributed by atoms with Gasteiger partial charge in [-0.1, -0.05) is 23.7 Å². The number of hydrogen-bond acceptors (Lipinski definition) is 4. The summed E-state index contributed by atoms with van der Waals surface area (Å²) in [6.45, 7) is 2.90. The molecule has 3 aromatic rings. The van der Waals surface area contributed by atoms with Crippen molar-refractivity contribution in [1.29, 1.82) is 0 Å². The zero-order valence-electron chi connectivity index (χ0n) is 18.6. The summed E-state index contributed by atoms with van der Waals surface area (Å²) >= 11 is 5.94. The third-order valence-corrected chi connectivity index (χ3v) is 6.27. The Kier molecular flexibility index (Phi) is 6.22. The lowest BCUT2D eigenvalue weighted by molar-refractivity contribution is -0.150. The minimum atomic E-state index is -4.74. The maximum atomic E-state index is 13.3. The van der Waals surface area contributed by atoms with E-state index in [1.165, 1.54) is 6.07 Å². The SMILES string of the molecule is CC(C)n1cnc2cc(N3CC(C(=O)O)C(=O)N(Cc4cccc(C(F)(F)F)c4Cl)C3=O)ccc21. The van der Waals surface area contributed by atoms with Crippen molar-refractivity contribution < 1.29 is 32.7 Å². The van der Waals surface area contributed by atoms with Crippen molar-refractivity contribution in [3.63, 3.8) is 0 Å². The van der Waals surface area contributed by atoms with Crippen LogP contribution in [0.2, 0.25) is 5.02 Å². The highest BCUT2D eigenvalue weighted by Gasteiger charge is 2.44. The van der Waals surface area contributed by atoms with Gasteiger partial charge in [0.1, 0.15) is 0 Å². The van der Waals surface area contributed by atoms with E-state index >= 15 is 0 Å². The van der Waals surface area contributed by atoms with Crippen molar-refractivity contribution in [1.82, 2.24) is 14.5 Å². The molecule has 3 amide bonds. The van der Waals surface area contributed by atoms with Crippen LogP contribution in [-0.4, -0.2) is 44.0 Å². The van der Waals surface area contributed by atoms with Gasteiger partial charge in [0.25, 0.3) is 0 Å². The molecule has 0 bridgehead atoms. The fourth-order valence-electron chi connectivity index (χ4n) is 4.00. The number of imidazole rings is 1. The maximum Gasteiger partial charge on any atom is 0.417 e. The standard InChI is InChI=1S/C23H20ClF3N4O4/c1-12(2)31-11-28-17-8-14(6-7-18(17)31)29-10-15(21(33)34)20(32)30(22(29)35)9-13-4-3-5-16(19(13)24)23(25,26)27/h3-8,11-12,15H,9-10H2,1-2H3,(H,33,34). The molecule has 35 heavy (non-hydrogen) atoms. The first kappa shape index (κ1) is 24.5. The third-order valence-electron chi connectivity index (χ3n) is 5.83. The number of carbonyl (C=O) groups excluding carboxylic acids is 2. The van der Waals surface area contributed by atoms with Crippen molar-refractivity contribution in [3.8, 4) is 0 Å². The molecule has 4 rings (SSSR count). The molecule has 1 fully saturated rings. The Balaban J connectivity index is 1.73. The number of alkyl halides is 3. The smallest absolute Gasteiger partial charge is 0.417 e. The molecular formula is C23H20ClF3N4O4. The number of urea groups is 1. The number of amides is 3. The van der Waals surface area contributed by atoms with Crippen LogP contribution in [0.3, 0.4) is 0 Å². The Morgan fingerprint density at radius 3 is 2.57 bits per heavy atom. The van der Waals surface area contributed by atoms with Gasteiger partial charge in [0.05, 0.1) is 34.5 Å². The molecule has 8 nitrogen and oxygen atoms in total. The molecule has 1 aromatic heterocycles. The van der Waals surface area contributed by atoms with Crippen molar-refractivity contribution in [2.45, 2.75) is 32.6 Å². The van der Waals surface area contributed by atoms with E-state index in [2.05, 4.69) is 4.98 Å². The first-order valence-corrected chi connectivity index (χ1v) is 10.9. The number of benzene rings is 2. The number of carbonyl (C=O) groups is 3. The Labute approximate surface area is 202 Å². The van der Waals surface area contributed by atoms with E-state index in [9.17, 15) is 32.7 Å². The molecule has 1 unspecified atom stereocenters. The molecule has 1 atom stereocenters. The normalized spacial score (nSPS) is 17.1. The molecule has 1 N–H and O–H groups in total. The first-order chi connectivity index (χ1) is 16.4. The fourth-order valence-corrected chi connectivity index (χ4v) is 4.30. The fraction of sp³-hybridized carbons (Fsp3) is 0.304. The number of anilines is 1. The van der Waals surface area contributed by atoms with Crippen LogP contribution in [0.4, 0.5) is 23.7 Å². The number of carboxylic acid groups (broad SMARTS) is 1. The monoisotopic (exact) mass is 508 g/mol. The first-order valence-electron chi connectivity index (χ1n) is 10.6. The quantitative estimate of drug-likeness (QED) is 0.491. The van der Waals surface area contributed by atoms with E-state index in [0.29, 0.717) is 16.1 Å². The summed E-state index contributed by atoms with van der Waals surface area (Å²) in [6.07, 6.45) is -3.10. The summed E-state index contributed by atoms with van der Waals surface area (Å²) < 4.78 is 41.7. The Morgan fingerprint density at radius 1 is 1.23 bits per heavy atom. The van der Waals surface area contributed by atoms with Gasteiger partial charge in [-0.25, -0.2) is 9.78 Å². The summed E-state index contributed by atoms with van der Waals surface area (Å²) in [7, 11) is 0. The summed E-state index contributed by atoms with van der Waals surface area (Å²) in [4.78, 5) is 44.0. The Morgan fingerprint density at radius 2 is 1.94 bits per heavy atom. The van der Waals surface area contributed by atoms with Gasteiger partial charge < -0.3 is 9.67 Å². The van der Waals surface area contributed by atoms with Crippen LogP contribution in [0.5, 0.6) is 0 Å². The second-order valence-corrected chi connectivity index (χ2v) is 8.78. The lowest BCUT2D eigenvalue weighted by Crippen LogP contribution is -2.58. The number of aromatic nitrogens is 2. The topological polar surface area (TPSA) is 95.7 Å². The number of hydrogen-bond donors (Lipinski definition) is 1. The van der Waals surface area contributed by atoms with Crippen LogP contribution < -0.4 is 4.90 Å². The van der Waals surface area contributed by atoms with E-state index in [1.54, 1.807) is 24.5 Å². The molecule has 184 valence electrons. The van der Waals surface area contributed by atoms with E-state index in [-0.39, 0.29) is 11.6 Å². The van der Waals surface area contributed by atoms with Gasteiger partial charge in [-0.15, -0.1) is 0 Å². The van der Waals surface area contributed by atoms with E-state index < -0.39 is 53.7 Å². The minimum Gasteiger partial charge on any atom is -0.481 e. The molecule has 1 aliphatic rings. The second kappa shape index (κ2) is 8.88. The molecule has 12 heteroatoms. The number of rotatable bonds is 5. The van der Waals surface area contributed by atoms with Crippen molar-refractivity contribution in [2.75, 3.05) is 11.4 Å². The molecule has 0 radical (unpaired) electrons. The van der Waals surface area contributed by atoms with Crippen LogP contribution in [0.15, 0.2) is 42.7 Å². The van der Waals surface area contributed by atoms with Crippen LogP contribution in [-0.2, 0) is 22.3 Å². The van der Waals surface area contributed by atoms with Crippen LogP contribution in [0, 0.1) is 5.92 Å². The number of carboxylic acids is 1. The number of nitrogens with zero attached hydrogens (tertiary/aromatic N) is 4. The van der Waals surface area contributed by atoms with Crippen molar-refractivity contribution in [2.24, 2.45) is 5.92 Å². The van der Waals surface area contributed by atoms with Crippen molar-refractivity contribution >= 4 is 46.2 Å². The van der Waals surface area contributed by atoms with Crippen LogP contribution >= 0.6 is 11.6 Å². The highest BCUT2D eigenvalue weighted by Crippen LogP contribution is 2.37. The van der Waals surface area contributed by atoms with Crippen molar-refractivity contribution in [3.05, 3.63) is 58.9 Å². The predicted molar refractivity (Wildman–Crippen MR) is 121 cm³/mol. The van der Waals surface area contributed by atoms with E-state index in [1.807, 2.05) is 18.4 Å². The summed E-state index contributed by atoms with van der Waals surface area (Å²) in [5.41, 5.74) is 0.397. The van der Waals surface area contributed by atoms with Gasteiger partial charge in [-0.3, -0.25) is 19.4 Å². The third kappa shape index (κ3) is 4.43. The Bertz CT molecular complexity index is 1340. The zero-order valence-corrected chi connectivity index (χ0v) is 19.3. The summed E-state index contributed by atoms with van der Waals surface area (Å²) in [5.74, 6) is -4.10. The number of fused-ring (bicyclic) bond motifs is 1. The van der Waals surface area contributed by atoms with Gasteiger partial charge in [-0.2, -0.15) is 13.2 Å². The molecule has 0 aliphatic carbocycles. The summed E-state index contributed by atoms with van der Waals surface area (Å²) in [6, 6.07) is 7.31. The van der Waals surface area contributed by atoms with Crippen LogP contribution in [0.1, 0.15) is 31.0 Å². The number of halogens is 4. The molecule has 2 heterocycles. The second-order valence-electron chi connectivity index (χ2n) is 8.40. The largest absolute Gasteiger partial charge is 0.481 e. The molecule has 0 spiro atoms. The number of imide groups is 1. The van der Waals surface area contributed by atoms with E-state index in [0.717, 1.165) is 22.5 Å². The molecule has 1 aliphatic heterocycles. The van der Waals surface area contributed by atoms with Gasteiger partial charge in [-0.05, 0) is 43.7 Å². The maximum absolute atomic E-state index is 13.3. The minimum absolute atomic E-state index is 0.129. The highest BCUT2D eigenvalue weighted by molar-refractivity contribution is 6.32. The lowest BCUT2D eigenvalue weighted by atomic mass is 10.0. The average molecular weight is 509 g/mol. The predicted octanol–water partition coefficient (Wildman–Crippen LogP) is 4.96. The van der Waals surface area contributed by atoms with Gasteiger partial charge in [0.15, 0.2) is 5.92 Å². The van der Waals surface area contributed by atoms with Gasteiger partial charge in [0.2, 0.25) is 5.91 Å². The van der Waals surface area contributed by atoms with Crippen LogP contribution in [0.25, 0.3) is 11.0 Å². The van der Waals surface area contributed by atoms with Gasteiger partial charge in [0, 0.05) is 18.3 Å². The molecule has 1 saturated heterocycles. The zero-order chi connectivity index (χ0) is 25.7. The molecule has 2 aromatic carbocycles. The summed E-state index contributed by atoms with van der Waals surface area (Å²) in [5, 5.41) is 8.95. The Hall–Kier alpha value is -3.60. The average Bonchev–Trinajstić information content (AvgIpc) is 3.20.